The van der Waals surface area contributed by atoms with Crippen LogP contribution in [0.25, 0.3) is 0 Å². The van der Waals surface area contributed by atoms with E-state index in [2.05, 4.69) is 5.16 Å². The van der Waals surface area contributed by atoms with Crippen molar-refractivity contribution in [3.8, 4) is 0 Å². The summed E-state index contributed by atoms with van der Waals surface area (Å²) in [5.74, 6) is -3.50. The molecule has 0 fully saturated rings. The van der Waals surface area contributed by atoms with Crippen LogP contribution in [0.5, 0.6) is 0 Å². The van der Waals surface area contributed by atoms with E-state index in [1.54, 1.807) is 6.92 Å². The van der Waals surface area contributed by atoms with Gasteiger partial charge in [0, 0.05) is 12.8 Å². The number of allylic oxidation sites excluding steroid dienone is 2. The summed E-state index contributed by atoms with van der Waals surface area (Å²) in [6.45, 7) is 4.01. The Kier molecular flexibility index (Phi) is 7.89. The fraction of sp³-hybridized carbons (Fsp3) is 0.500. The molecule has 160 valence electrons. The molecule has 6 nitrogen and oxygen atoms in total. The predicted octanol–water partition coefficient (Wildman–Crippen LogP) is 4.11. The molecule has 0 radical (unpaired) electrons. The first-order chi connectivity index (χ1) is 13.7. The molecule has 1 aliphatic carbocycles. The molecule has 0 amide bonds. The van der Waals surface area contributed by atoms with E-state index in [0.717, 1.165) is 12.1 Å². The van der Waals surface area contributed by atoms with Crippen LogP contribution in [-0.4, -0.2) is 37.4 Å². The van der Waals surface area contributed by atoms with E-state index in [0.29, 0.717) is 31.2 Å². The highest BCUT2D eigenvalue weighted by Crippen LogP contribution is 2.31. The Labute approximate surface area is 169 Å². The second kappa shape index (κ2) is 9.96. The van der Waals surface area contributed by atoms with Gasteiger partial charge in [0.05, 0.1) is 21.9 Å². The fourth-order valence-electron chi connectivity index (χ4n) is 3.21. The summed E-state index contributed by atoms with van der Waals surface area (Å²) < 4.78 is 51.1. The third-order valence-electron chi connectivity index (χ3n) is 4.65. The summed E-state index contributed by atoms with van der Waals surface area (Å²) in [6.07, 6.45) is 1.51. The number of sulfone groups is 1. The maximum Gasteiger partial charge on any atom is 0.178 e. The number of hydrogen-bond donors (Lipinski definition) is 1. The van der Waals surface area contributed by atoms with E-state index in [1.165, 1.54) is 0 Å². The van der Waals surface area contributed by atoms with Crippen LogP contribution in [0.2, 0.25) is 0 Å². The zero-order chi connectivity index (χ0) is 21.6. The summed E-state index contributed by atoms with van der Waals surface area (Å²) in [4.78, 5) is 17.3. The molecule has 0 spiro atoms. The van der Waals surface area contributed by atoms with Gasteiger partial charge in [0.2, 0.25) is 0 Å². The second-order valence-electron chi connectivity index (χ2n) is 6.91. The summed E-state index contributed by atoms with van der Waals surface area (Å²) in [7, 11) is -3.84. The molecule has 0 saturated heterocycles. The van der Waals surface area contributed by atoms with Gasteiger partial charge < -0.3 is 9.94 Å². The van der Waals surface area contributed by atoms with Crippen molar-refractivity contribution < 1.29 is 31.9 Å². The Morgan fingerprint density at radius 1 is 1.24 bits per heavy atom. The number of rotatable bonds is 9. The lowest BCUT2D eigenvalue weighted by atomic mass is 9.83. The fourth-order valence-corrected chi connectivity index (χ4v) is 4.65. The van der Waals surface area contributed by atoms with E-state index in [1.807, 2.05) is 6.92 Å². The maximum absolute atomic E-state index is 13.3. The van der Waals surface area contributed by atoms with Gasteiger partial charge in [-0.1, -0.05) is 18.5 Å². The van der Waals surface area contributed by atoms with Crippen LogP contribution in [0.15, 0.2) is 39.6 Å². The lowest BCUT2D eigenvalue weighted by Gasteiger charge is -2.24. The Morgan fingerprint density at radius 2 is 1.97 bits per heavy atom. The third kappa shape index (κ3) is 5.85. The van der Waals surface area contributed by atoms with Crippen LogP contribution in [0.1, 0.15) is 46.0 Å². The van der Waals surface area contributed by atoms with Crippen molar-refractivity contribution in [1.82, 2.24) is 0 Å². The SMILES string of the molecule is CCCC(=NOCC)C1=C(O)CC(CCS(=O)(=O)c2ccc(F)c(F)c2)CC1=O. The van der Waals surface area contributed by atoms with Gasteiger partial charge in [0.15, 0.2) is 27.3 Å². The predicted molar refractivity (Wildman–Crippen MR) is 104 cm³/mol. The van der Waals surface area contributed by atoms with E-state index in [-0.39, 0.29) is 52.9 Å². The van der Waals surface area contributed by atoms with Crippen molar-refractivity contribution in [3.63, 3.8) is 0 Å². The Bertz CT molecular complexity index is 925. The van der Waals surface area contributed by atoms with Crippen LogP contribution in [0, 0.1) is 17.6 Å². The molecule has 1 atom stereocenters. The molecule has 1 aromatic rings. The molecule has 1 unspecified atom stereocenters. The quantitative estimate of drug-likeness (QED) is 0.362. The number of hydrogen-bond acceptors (Lipinski definition) is 6. The molecular weight excluding hydrogens is 404 g/mol. The topological polar surface area (TPSA) is 93.0 Å². The Balaban J connectivity index is 2.12. The smallest absolute Gasteiger partial charge is 0.178 e. The number of carbonyl (C=O) groups is 1. The highest BCUT2D eigenvalue weighted by atomic mass is 32.2. The number of oxime groups is 1. The van der Waals surface area contributed by atoms with Crippen LogP contribution in [-0.2, 0) is 19.5 Å². The first kappa shape index (κ1) is 23.0. The van der Waals surface area contributed by atoms with E-state index in [4.69, 9.17) is 4.84 Å². The van der Waals surface area contributed by atoms with Crippen LogP contribution in [0.3, 0.4) is 0 Å². The van der Waals surface area contributed by atoms with Crippen LogP contribution in [0.4, 0.5) is 8.78 Å². The number of halogens is 2. The lowest BCUT2D eigenvalue weighted by Crippen LogP contribution is -2.26. The minimum absolute atomic E-state index is 0.0710. The van der Waals surface area contributed by atoms with E-state index < -0.39 is 21.5 Å². The zero-order valence-electron chi connectivity index (χ0n) is 16.5. The molecule has 2 rings (SSSR count). The summed E-state index contributed by atoms with van der Waals surface area (Å²) in [5.41, 5.74) is 0.546. The molecule has 29 heavy (non-hydrogen) atoms. The molecule has 0 saturated carbocycles. The van der Waals surface area contributed by atoms with E-state index in [9.17, 15) is 27.1 Å². The molecular formula is C20H25F2NO5S. The lowest BCUT2D eigenvalue weighted by molar-refractivity contribution is -0.116. The first-order valence-corrected chi connectivity index (χ1v) is 11.2. The number of aliphatic hydroxyl groups excluding tert-OH is 1. The monoisotopic (exact) mass is 429 g/mol. The van der Waals surface area contributed by atoms with Crippen molar-refractivity contribution in [2.24, 2.45) is 11.1 Å². The largest absolute Gasteiger partial charge is 0.511 e. The summed E-state index contributed by atoms with van der Waals surface area (Å²) in [5, 5.41) is 14.3. The number of benzene rings is 1. The van der Waals surface area contributed by atoms with Gasteiger partial charge in [0.25, 0.3) is 0 Å². The zero-order valence-corrected chi connectivity index (χ0v) is 17.3. The Hall–Kier alpha value is -2.29. The van der Waals surface area contributed by atoms with Gasteiger partial charge in [0.1, 0.15) is 12.4 Å². The molecule has 0 heterocycles. The average molecular weight is 429 g/mol. The third-order valence-corrected chi connectivity index (χ3v) is 6.39. The number of aliphatic hydroxyl groups is 1. The highest BCUT2D eigenvalue weighted by molar-refractivity contribution is 7.91. The van der Waals surface area contributed by atoms with Gasteiger partial charge in [-0.3, -0.25) is 4.79 Å². The minimum Gasteiger partial charge on any atom is -0.511 e. The number of ketones is 1. The molecule has 0 aliphatic heterocycles. The van der Waals surface area contributed by atoms with Gasteiger partial charge in [-0.15, -0.1) is 0 Å². The number of carbonyl (C=O) groups excluding carboxylic acids is 1. The molecule has 1 N–H and O–H groups in total. The van der Waals surface area contributed by atoms with Crippen molar-refractivity contribution in [1.29, 1.82) is 0 Å². The standard InChI is InChI=1S/C20H25F2NO5S/c1-3-5-17(23-28-4-2)20-18(24)10-13(11-19(20)25)8-9-29(26,27)14-6-7-15(21)16(22)12-14/h6-7,12-13,24H,3-5,8-11H2,1-2H3. The van der Waals surface area contributed by atoms with Crippen molar-refractivity contribution in [2.45, 2.75) is 50.8 Å². The van der Waals surface area contributed by atoms with Crippen LogP contribution >= 0.6 is 0 Å². The van der Waals surface area contributed by atoms with Crippen LogP contribution < -0.4 is 0 Å². The maximum atomic E-state index is 13.3. The normalized spacial score (nSPS) is 18.3. The van der Waals surface area contributed by atoms with Gasteiger partial charge in [-0.25, -0.2) is 17.2 Å². The van der Waals surface area contributed by atoms with Crippen molar-refractivity contribution in [3.05, 3.63) is 41.2 Å². The minimum atomic E-state index is -3.84. The second-order valence-corrected chi connectivity index (χ2v) is 9.02. The molecule has 1 aromatic carbocycles. The number of nitrogens with zero attached hydrogens (tertiary/aromatic N) is 1. The molecule has 0 bridgehead atoms. The Morgan fingerprint density at radius 3 is 2.55 bits per heavy atom. The average Bonchev–Trinajstić information content (AvgIpc) is 2.66. The highest BCUT2D eigenvalue weighted by Gasteiger charge is 2.31. The van der Waals surface area contributed by atoms with Gasteiger partial charge >= 0.3 is 0 Å². The van der Waals surface area contributed by atoms with Gasteiger partial charge in [-0.2, -0.15) is 0 Å². The first-order valence-electron chi connectivity index (χ1n) is 9.51. The molecule has 0 aromatic heterocycles. The molecule has 9 heteroatoms. The summed E-state index contributed by atoms with van der Waals surface area (Å²) in [6, 6.07) is 2.42. The van der Waals surface area contributed by atoms with Gasteiger partial charge in [-0.05, 0) is 43.9 Å². The van der Waals surface area contributed by atoms with Crippen molar-refractivity contribution in [2.75, 3.05) is 12.4 Å². The summed E-state index contributed by atoms with van der Waals surface area (Å²) >= 11 is 0. The molecule has 1 aliphatic rings. The van der Waals surface area contributed by atoms with Crippen molar-refractivity contribution >= 4 is 21.3 Å². The number of Topliss-reactive ketones (excluding diaryl/α,β-unsaturated/α-hetero) is 1. The van der Waals surface area contributed by atoms with E-state index >= 15 is 0 Å².